The highest BCUT2D eigenvalue weighted by Crippen LogP contribution is 2.38. The zero-order chi connectivity index (χ0) is 13.4. The normalized spacial score (nSPS) is 17.4. The van der Waals surface area contributed by atoms with Crippen LogP contribution in [0.2, 0.25) is 0 Å². The number of alkyl halides is 3. The number of hydrogen-bond acceptors (Lipinski definition) is 6. The second kappa shape index (κ2) is 4.25. The minimum Gasteiger partial charge on any atom is -0.394 e. The first-order valence-electron chi connectivity index (χ1n) is 5.20. The molecule has 0 saturated heterocycles. The van der Waals surface area contributed by atoms with Crippen LogP contribution in [0.25, 0.3) is 0 Å². The Balaban J connectivity index is 2.29. The first kappa shape index (κ1) is 12.8. The molecule has 1 fully saturated rings. The Bertz CT molecular complexity index is 446. The summed E-state index contributed by atoms with van der Waals surface area (Å²) < 4.78 is 37.6. The number of aromatic nitrogens is 2. The molecule has 0 unspecified atom stereocenters. The summed E-state index contributed by atoms with van der Waals surface area (Å²) in [6.45, 7) is -0.163. The molecule has 2 rings (SSSR count). The molecule has 0 aliphatic heterocycles. The maximum Gasteiger partial charge on any atom is 0.451 e. The lowest BCUT2D eigenvalue weighted by molar-refractivity contribution is -0.144. The SMILES string of the molecule is NNc1cc(NC2(CO)CC2)nc(C(F)(F)F)n1. The summed E-state index contributed by atoms with van der Waals surface area (Å²) >= 11 is 0. The summed E-state index contributed by atoms with van der Waals surface area (Å²) in [4.78, 5) is 6.60. The predicted molar refractivity (Wildman–Crippen MR) is 57.5 cm³/mol. The Hall–Kier alpha value is -1.61. The number of rotatable bonds is 4. The second-order valence-electron chi connectivity index (χ2n) is 4.17. The Morgan fingerprint density at radius 3 is 2.39 bits per heavy atom. The van der Waals surface area contributed by atoms with Gasteiger partial charge in [-0.25, -0.2) is 15.8 Å². The van der Waals surface area contributed by atoms with Crippen LogP contribution in [0.15, 0.2) is 6.07 Å². The molecule has 1 aliphatic carbocycles. The smallest absolute Gasteiger partial charge is 0.394 e. The monoisotopic (exact) mass is 263 g/mol. The minimum atomic E-state index is -4.65. The average molecular weight is 263 g/mol. The summed E-state index contributed by atoms with van der Waals surface area (Å²) in [7, 11) is 0. The van der Waals surface area contributed by atoms with E-state index in [0.717, 1.165) is 0 Å². The van der Waals surface area contributed by atoms with Gasteiger partial charge < -0.3 is 15.8 Å². The van der Waals surface area contributed by atoms with E-state index in [1.54, 1.807) is 0 Å². The molecule has 0 spiro atoms. The summed E-state index contributed by atoms with van der Waals surface area (Å²) in [5.74, 6) is 3.61. The zero-order valence-corrected chi connectivity index (χ0v) is 9.25. The van der Waals surface area contributed by atoms with E-state index in [1.165, 1.54) is 6.07 Å². The third-order valence-electron chi connectivity index (χ3n) is 2.68. The number of aliphatic hydroxyl groups is 1. The van der Waals surface area contributed by atoms with Crippen molar-refractivity contribution in [2.45, 2.75) is 24.6 Å². The van der Waals surface area contributed by atoms with E-state index in [-0.39, 0.29) is 18.2 Å². The first-order chi connectivity index (χ1) is 8.38. The van der Waals surface area contributed by atoms with E-state index in [4.69, 9.17) is 10.9 Å². The van der Waals surface area contributed by atoms with Crippen LogP contribution in [0.3, 0.4) is 0 Å². The van der Waals surface area contributed by atoms with Crippen molar-refractivity contribution in [1.29, 1.82) is 0 Å². The quantitative estimate of drug-likeness (QED) is 0.472. The third kappa shape index (κ3) is 2.62. The van der Waals surface area contributed by atoms with Crippen LogP contribution in [0.1, 0.15) is 18.7 Å². The number of hydrogen-bond donors (Lipinski definition) is 4. The fourth-order valence-electron chi connectivity index (χ4n) is 1.46. The molecule has 5 N–H and O–H groups in total. The van der Waals surface area contributed by atoms with Gasteiger partial charge in [0.2, 0.25) is 5.82 Å². The largest absolute Gasteiger partial charge is 0.451 e. The van der Waals surface area contributed by atoms with E-state index in [0.29, 0.717) is 12.8 Å². The van der Waals surface area contributed by atoms with Crippen molar-refractivity contribution < 1.29 is 18.3 Å². The van der Waals surface area contributed by atoms with Crippen molar-refractivity contribution >= 4 is 11.6 Å². The Labute approximate surface area is 100 Å². The first-order valence-corrected chi connectivity index (χ1v) is 5.20. The van der Waals surface area contributed by atoms with Crippen LogP contribution < -0.4 is 16.6 Å². The van der Waals surface area contributed by atoms with Crippen LogP contribution in [-0.4, -0.2) is 27.2 Å². The van der Waals surface area contributed by atoms with Gasteiger partial charge in [-0.1, -0.05) is 0 Å². The Kier molecular flexibility index (Phi) is 3.03. The minimum absolute atomic E-state index is 0.0168. The number of halogens is 3. The molecule has 0 bridgehead atoms. The number of nitrogens with one attached hydrogen (secondary N) is 2. The van der Waals surface area contributed by atoms with Crippen LogP contribution in [0.5, 0.6) is 0 Å². The fraction of sp³-hybridized carbons (Fsp3) is 0.556. The second-order valence-corrected chi connectivity index (χ2v) is 4.17. The average Bonchev–Trinajstić information content (AvgIpc) is 3.08. The number of aliphatic hydroxyl groups excluding tert-OH is 1. The van der Waals surface area contributed by atoms with E-state index in [9.17, 15) is 13.2 Å². The Morgan fingerprint density at radius 1 is 1.33 bits per heavy atom. The van der Waals surface area contributed by atoms with Gasteiger partial charge in [0.1, 0.15) is 11.6 Å². The molecule has 0 radical (unpaired) electrons. The van der Waals surface area contributed by atoms with Crippen LogP contribution in [0, 0.1) is 0 Å². The van der Waals surface area contributed by atoms with Gasteiger partial charge in [-0.15, -0.1) is 0 Å². The van der Waals surface area contributed by atoms with Gasteiger partial charge in [-0.2, -0.15) is 13.2 Å². The molecule has 1 aromatic rings. The van der Waals surface area contributed by atoms with Crippen molar-refractivity contribution in [3.8, 4) is 0 Å². The van der Waals surface area contributed by atoms with Gasteiger partial charge in [0.25, 0.3) is 0 Å². The Morgan fingerprint density at radius 2 is 1.94 bits per heavy atom. The molecule has 1 aliphatic rings. The molecular formula is C9H12F3N5O. The van der Waals surface area contributed by atoms with Crippen LogP contribution in [-0.2, 0) is 6.18 Å². The highest BCUT2D eigenvalue weighted by atomic mass is 19.4. The van der Waals surface area contributed by atoms with Gasteiger partial charge in [0, 0.05) is 6.07 Å². The van der Waals surface area contributed by atoms with Gasteiger partial charge in [0.15, 0.2) is 0 Å². The maximum absolute atomic E-state index is 12.5. The number of nitrogens with two attached hydrogens (primary N) is 1. The molecule has 18 heavy (non-hydrogen) atoms. The number of nitrogen functional groups attached to an aromatic ring is 1. The molecule has 0 aromatic carbocycles. The van der Waals surface area contributed by atoms with Gasteiger partial charge in [0.05, 0.1) is 12.1 Å². The zero-order valence-electron chi connectivity index (χ0n) is 9.25. The van der Waals surface area contributed by atoms with Crippen molar-refractivity contribution in [3.05, 3.63) is 11.9 Å². The third-order valence-corrected chi connectivity index (χ3v) is 2.68. The van der Waals surface area contributed by atoms with Gasteiger partial charge in [-0.05, 0) is 12.8 Å². The van der Waals surface area contributed by atoms with E-state index in [2.05, 4.69) is 20.7 Å². The van der Waals surface area contributed by atoms with Gasteiger partial charge in [-0.3, -0.25) is 0 Å². The lowest BCUT2D eigenvalue weighted by Crippen LogP contribution is -2.27. The van der Waals surface area contributed by atoms with E-state index >= 15 is 0 Å². The number of hydrazine groups is 1. The maximum atomic E-state index is 12.5. The molecule has 1 saturated carbocycles. The van der Waals surface area contributed by atoms with Crippen molar-refractivity contribution in [3.63, 3.8) is 0 Å². The highest BCUT2D eigenvalue weighted by Gasteiger charge is 2.43. The molecular weight excluding hydrogens is 251 g/mol. The van der Waals surface area contributed by atoms with Crippen LogP contribution >= 0.6 is 0 Å². The van der Waals surface area contributed by atoms with Crippen molar-refractivity contribution in [2.24, 2.45) is 5.84 Å². The topological polar surface area (TPSA) is 96.1 Å². The summed E-state index contributed by atoms with van der Waals surface area (Å²) in [6.07, 6.45) is -3.29. The summed E-state index contributed by atoms with van der Waals surface area (Å²) in [6, 6.07) is 1.25. The number of anilines is 2. The molecule has 1 heterocycles. The molecule has 100 valence electrons. The summed E-state index contributed by atoms with van der Waals surface area (Å²) in [5, 5.41) is 11.9. The molecule has 0 amide bonds. The lowest BCUT2D eigenvalue weighted by atomic mass is 10.3. The van der Waals surface area contributed by atoms with Crippen LogP contribution in [0.4, 0.5) is 24.8 Å². The van der Waals surface area contributed by atoms with Crippen molar-refractivity contribution in [2.75, 3.05) is 17.3 Å². The molecule has 0 atom stereocenters. The molecule has 6 nitrogen and oxygen atoms in total. The fourth-order valence-corrected chi connectivity index (χ4v) is 1.46. The van der Waals surface area contributed by atoms with E-state index < -0.39 is 17.5 Å². The van der Waals surface area contributed by atoms with E-state index in [1.807, 2.05) is 0 Å². The predicted octanol–water partition coefficient (Wildman–Crippen LogP) is 0.718. The van der Waals surface area contributed by atoms with Gasteiger partial charge >= 0.3 is 6.18 Å². The lowest BCUT2D eigenvalue weighted by Gasteiger charge is -2.16. The van der Waals surface area contributed by atoms with Crippen molar-refractivity contribution in [1.82, 2.24) is 9.97 Å². The standard InChI is InChI=1S/C9H12F3N5O/c10-9(11,12)7-14-5(3-6(15-7)17-13)16-8(4-18)1-2-8/h3,18H,1-2,4,13H2,(H2,14,15,16,17). The molecule has 1 aromatic heterocycles. The summed E-state index contributed by atoms with van der Waals surface area (Å²) in [5.41, 5.74) is 1.48. The highest BCUT2D eigenvalue weighted by molar-refractivity contribution is 5.49. The molecule has 9 heteroatoms. The number of nitrogens with zero attached hydrogens (tertiary/aromatic N) is 2.